The van der Waals surface area contributed by atoms with Gasteiger partial charge in [-0.2, -0.15) is 0 Å². The lowest BCUT2D eigenvalue weighted by Crippen LogP contribution is -2.54. The summed E-state index contributed by atoms with van der Waals surface area (Å²) in [7, 11) is 0. The van der Waals surface area contributed by atoms with E-state index < -0.39 is 0 Å². The molecule has 5 rings (SSSR count). The van der Waals surface area contributed by atoms with Crippen LogP contribution in [0, 0.1) is 5.92 Å². The van der Waals surface area contributed by atoms with Crippen molar-refractivity contribution in [2.24, 2.45) is 5.92 Å². The number of nitrogens with zero attached hydrogens (tertiary/aromatic N) is 4. The predicted molar refractivity (Wildman–Crippen MR) is 121 cm³/mol. The number of rotatable bonds is 5. The molecule has 0 unspecified atom stereocenters. The Labute approximate surface area is 183 Å². The van der Waals surface area contributed by atoms with Gasteiger partial charge in [0.2, 0.25) is 0 Å². The van der Waals surface area contributed by atoms with Gasteiger partial charge in [0, 0.05) is 32.0 Å². The highest BCUT2D eigenvalue weighted by atomic mass is 16.5. The van der Waals surface area contributed by atoms with E-state index in [9.17, 15) is 4.79 Å². The smallest absolute Gasteiger partial charge is 0.260 e. The van der Waals surface area contributed by atoms with Crippen molar-refractivity contribution in [3.05, 3.63) is 72.7 Å². The van der Waals surface area contributed by atoms with Crippen molar-refractivity contribution in [1.82, 2.24) is 14.5 Å². The molecule has 0 bridgehead atoms. The number of ether oxygens (including phenoxy) is 1. The van der Waals surface area contributed by atoms with Gasteiger partial charge in [-0.3, -0.25) is 4.79 Å². The van der Waals surface area contributed by atoms with E-state index in [0.717, 1.165) is 30.2 Å². The summed E-state index contributed by atoms with van der Waals surface area (Å²) in [5, 5.41) is 0. The molecule has 2 aliphatic heterocycles. The van der Waals surface area contributed by atoms with Crippen molar-refractivity contribution < 1.29 is 9.53 Å². The topological polar surface area (TPSA) is 50.6 Å². The van der Waals surface area contributed by atoms with Crippen LogP contribution in [0.3, 0.4) is 0 Å². The monoisotopic (exact) mass is 416 g/mol. The molecule has 6 heteroatoms. The number of hydrogen-bond acceptors (Lipinski definition) is 4. The van der Waals surface area contributed by atoms with Crippen LogP contribution in [-0.2, 0) is 10.3 Å². The summed E-state index contributed by atoms with van der Waals surface area (Å²) in [5.41, 5.74) is 2.08. The summed E-state index contributed by atoms with van der Waals surface area (Å²) in [5.74, 6) is 2.20. The molecule has 0 radical (unpaired) electrons. The van der Waals surface area contributed by atoms with Gasteiger partial charge >= 0.3 is 0 Å². The minimum atomic E-state index is -0.258. The lowest BCUT2D eigenvalue weighted by Gasteiger charge is -2.47. The Balaban J connectivity index is 1.44. The number of likely N-dealkylation sites (tertiary alicyclic amines) is 1. The third kappa shape index (κ3) is 3.36. The van der Waals surface area contributed by atoms with Gasteiger partial charge in [-0.1, -0.05) is 32.0 Å². The van der Waals surface area contributed by atoms with E-state index in [4.69, 9.17) is 4.74 Å². The van der Waals surface area contributed by atoms with Crippen LogP contribution in [0.4, 0.5) is 5.69 Å². The first-order valence-electron chi connectivity index (χ1n) is 10.9. The number of aromatic nitrogens is 2. The van der Waals surface area contributed by atoms with E-state index in [1.807, 2.05) is 47.5 Å². The second-order valence-corrected chi connectivity index (χ2v) is 8.81. The number of carbonyl (C=O) groups excluding carboxylic acids is 1. The zero-order valence-corrected chi connectivity index (χ0v) is 18.1. The van der Waals surface area contributed by atoms with Gasteiger partial charge in [0.1, 0.15) is 11.3 Å². The fourth-order valence-electron chi connectivity index (χ4n) is 4.93. The van der Waals surface area contributed by atoms with Crippen LogP contribution >= 0.6 is 0 Å². The van der Waals surface area contributed by atoms with Crippen molar-refractivity contribution in [3.8, 4) is 11.6 Å². The molecule has 1 spiro atoms. The molecule has 1 fully saturated rings. The zero-order chi connectivity index (χ0) is 21.4. The molecule has 0 N–H and O–H groups in total. The Kier molecular flexibility index (Phi) is 4.93. The molecule has 4 heterocycles. The van der Waals surface area contributed by atoms with Crippen LogP contribution in [0.2, 0.25) is 0 Å². The predicted octanol–water partition coefficient (Wildman–Crippen LogP) is 3.85. The van der Waals surface area contributed by atoms with Gasteiger partial charge in [0.15, 0.2) is 12.4 Å². The summed E-state index contributed by atoms with van der Waals surface area (Å²) in [6.07, 6.45) is 4.81. The quantitative estimate of drug-likeness (QED) is 0.634. The van der Waals surface area contributed by atoms with E-state index in [1.54, 1.807) is 0 Å². The molecule has 0 aliphatic carbocycles. The molecule has 1 saturated heterocycles. The average molecular weight is 417 g/mol. The van der Waals surface area contributed by atoms with Crippen LogP contribution in [0.5, 0.6) is 5.75 Å². The molecule has 6 nitrogen and oxygen atoms in total. The second-order valence-electron chi connectivity index (χ2n) is 8.81. The van der Waals surface area contributed by atoms with Gasteiger partial charge in [-0.05, 0) is 48.7 Å². The molecule has 2 aromatic heterocycles. The maximum atomic E-state index is 13.0. The minimum absolute atomic E-state index is 0.0281. The number of para-hydroxylation sites is 1. The molecule has 0 saturated carbocycles. The van der Waals surface area contributed by atoms with Crippen LogP contribution in [-0.4, -0.2) is 46.6 Å². The van der Waals surface area contributed by atoms with Crippen molar-refractivity contribution in [2.45, 2.75) is 25.8 Å². The van der Waals surface area contributed by atoms with Gasteiger partial charge in [0.25, 0.3) is 5.91 Å². The Hall–Kier alpha value is -3.28. The van der Waals surface area contributed by atoms with Crippen molar-refractivity contribution in [1.29, 1.82) is 0 Å². The fourth-order valence-corrected chi connectivity index (χ4v) is 4.93. The largest absolute Gasteiger partial charge is 0.484 e. The number of hydrogen-bond donors (Lipinski definition) is 0. The normalized spacial score (nSPS) is 19.6. The highest BCUT2D eigenvalue weighted by molar-refractivity contribution is 5.79. The molecule has 1 amide bonds. The van der Waals surface area contributed by atoms with Crippen LogP contribution in [0.25, 0.3) is 5.82 Å². The van der Waals surface area contributed by atoms with Crippen LogP contribution < -0.4 is 9.64 Å². The molecule has 1 atom stereocenters. The minimum Gasteiger partial charge on any atom is -0.484 e. The third-order valence-electron chi connectivity index (χ3n) is 6.28. The Morgan fingerprint density at radius 3 is 2.77 bits per heavy atom. The molecular weight excluding hydrogens is 388 g/mol. The molecule has 3 aromatic rings. The van der Waals surface area contributed by atoms with Crippen molar-refractivity contribution in [2.75, 3.05) is 31.1 Å². The first kappa shape index (κ1) is 19.7. The highest BCUT2D eigenvalue weighted by Gasteiger charge is 2.50. The Morgan fingerprint density at radius 1 is 1.13 bits per heavy atom. The van der Waals surface area contributed by atoms with Crippen LogP contribution in [0.15, 0.2) is 67.0 Å². The van der Waals surface area contributed by atoms with Gasteiger partial charge in [0.05, 0.1) is 11.4 Å². The van der Waals surface area contributed by atoms with E-state index in [2.05, 4.69) is 52.7 Å². The number of carbonyl (C=O) groups is 1. The lowest BCUT2D eigenvalue weighted by molar-refractivity contribution is -0.132. The average Bonchev–Trinajstić information content (AvgIpc) is 3.45. The molecule has 31 heavy (non-hydrogen) atoms. The van der Waals surface area contributed by atoms with Crippen LogP contribution in [0.1, 0.15) is 26.0 Å². The van der Waals surface area contributed by atoms with E-state index in [0.29, 0.717) is 19.0 Å². The summed E-state index contributed by atoms with van der Waals surface area (Å²) in [6.45, 7) is 6.81. The molecule has 2 aliphatic rings. The second kappa shape index (κ2) is 7.76. The Morgan fingerprint density at radius 2 is 1.97 bits per heavy atom. The summed E-state index contributed by atoms with van der Waals surface area (Å²) in [6, 6.07) is 17.9. The van der Waals surface area contributed by atoms with E-state index >= 15 is 0 Å². The molecule has 160 valence electrons. The van der Waals surface area contributed by atoms with Crippen molar-refractivity contribution in [3.63, 3.8) is 0 Å². The highest BCUT2D eigenvalue weighted by Crippen LogP contribution is 2.47. The first-order valence-corrected chi connectivity index (χ1v) is 10.9. The van der Waals surface area contributed by atoms with Crippen molar-refractivity contribution >= 4 is 11.6 Å². The first-order chi connectivity index (χ1) is 15.1. The third-order valence-corrected chi connectivity index (χ3v) is 6.28. The summed E-state index contributed by atoms with van der Waals surface area (Å²) < 4.78 is 7.93. The standard InChI is InChI=1S/C25H28N4O2/c1-19(2)16-29-21-10-6-13-26-24(21)28-14-7-11-22(28)25(29)12-15-27(18-25)23(30)17-31-20-8-4-3-5-9-20/h3-11,13-14,19H,12,15-18H2,1-2H3/t25-/m1/s1. The maximum Gasteiger partial charge on any atom is 0.260 e. The molecular formula is C25H28N4O2. The SMILES string of the molecule is CC(C)CN1c2cccnc2-n2cccc2[C@]12CCN(C(=O)COc1ccccc1)C2. The number of anilines is 1. The lowest BCUT2D eigenvalue weighted by atomic mass is 9.88. The number of pyridine rings is 1. The maximum absolute atomic E-state index is 13.0. The fraction of sp³-hybridized carbons (Fsp3) is 0.360. The number of amides is 1. The van der Waals surface area contributed by atoms with Gasteiger partial charge in [-0.25, -0.2) is 4.98 Å². The summed E-state index contributed by atoms with van der Waals surface area (Å²) in [4.78, 5) is 22.2. The zero-order valence-electron chi connectivity index (χ0n) is 18.1. The summed E-state index contributed by atoms with van der Waals surface area (Å²) >= 11 is 0. The van der Waals surface area contributed by atoms with E-state index in [-0.39, 0.29) is 18.1 Å². The van der Waals surface area contributed by atoms with E-state index in [1.165, 1.54) is 5.69 Å². The number of fused-ring (bicyclic) bond motifs is 4. The Bertz CT molecular complexity index is 1080. The van der Waals surface area contributed by atoms with Gasteiger partial charge in [-0.15, -0.1) is 0 Å². The molecule has 1 aromatic carbocycles. The number of benzene rings is 1. The van der Waals surface area contributed by atoms with Gasteiger partial charge < -0.3 is 19.1 Å².